The van der Waals surface area contributed by atoms with E-state index in [0.717, 1.165) is 17.4 Å². The molecule has 0 aromatic heterocycles. The molecule has 0 saturated carbocycles. The summed E-state index contributed by atoms with van der Waals surface area (Å²) in [6, 6.07) is 12.1. The summed E-state index contributed by atoms with van der Waals surface area (Å²) in [6.07, 6.45) is -11.8. The molecule has 3 N–H and O–H groups in total. The number of rotatable bonds is 5. The minimum absolute atomic E-state index is 0.00987. The molecule has 146 valence electrons. The van der Waals surface area contributed by atoms with E-state index in [4.69, 9.17) is 0 Å². The highest BCUT2D eigenvalue weighted by Crippen LogP contribution is 2.41. The zero-order valence-corrected chi connectivity index (χ0v) is 13.9. The van der Waals surface area contributed by atoms with Crippen LogP contribution in [0.25, 0.3) is 0 Å². The monoisotopic (exact) mass is 391 g/mol. The Bertz CT molecular complexity index is 775. The highest BCUT2D eigenvalue weighted by atomic mass is 19.4. The number of aryl methyl sites for hydroxylation is 1. The number of hydrogen-bond donors (Lipinski definition) is 3. The lowest BCUT2D eigenvalue weighted by molar-refractivity contribution is -0.312. The quantitative estimate of drug-likeness (QED) is 0.408. The predicted molar refractivity (Wildman–Crippen MR) is 86.7 cm³/mol. The third-order valence-electron chi connectivity index (χ3n) is 3.72. The van der Waals surface area contributed by atoms with E-state index in [2.05, 4.69) is 0 Å². The fourth-order valence-electron chi connectivity index (χ4n) is 2.18. The van der Waals surface area contributed by atoms with Crippen molar-refractivity contribution >= 4 is 11.6 Å². The fraction of sp³-hybridized carbons (Fsp3) is 0.235. The van der Waals surface area contributed by atoms with Crippen molar-refractivity contribution in [1.82, 2.24) is 10.7 Å². The molecule has 2 aromatic carbocycles. The molecule has 4 nitrogen and oxygen atoms in total. The molecule has 0 aliphatic rings. The van der Waals surface area contributed by atoms with Crippen LogP contribution in [-0.4, -0.2) is 23.9 Å². The lowest BCUT2D eigenvalue weighted by atomic mass is 10.1. The molecule has 0 radical (unpaired) electrons. The minimum Gasteiger partial charge on any atom is -0.319 e. The number of nitrogens with one attached hydrogen (secondary N) is 3. The second-order valence-corrected chi connectivity index (χ2v) is 5.63. The van der Waals surface area contributed by atoms with E-state index < -0.39 is 23.9 Å². The summed E-state index contributed by atoms with van der Waals surface area (Å²) in [7, 11) is 0. The average Bonchev–Trinajstić information content (AvgIpc) is 2.58. The molecular formula is C17H15F6N3O. The van der Waals surface area contributed by atoms with Gasteiger partial charge in [0, 0.05) is 5.56 Å². The maximum atomic E-state index is 13.5. The SMILES string of the molecule is Cc1ccccc1NNC(NC(=O)c1ccccc1)(C(F)(F)F)C(F)(F)F. The Labute approximate surface area is 150 Å². The molecule has 0 atom stereocenters. The van der Waals surface area contributed by atoms with Crippen molar-refractivity contribution in [3.8, 4) is 0 Å². The van der Waals surface area contributed by atoms with Crippen molar-refractivity contribution in [2.45, 2.75) is 24.9 Å². The largest absolute Gasteiger partial charge is 0.436 e. The minimum atomic E-state index is -5.90. The fourth-order valence-corrected chi connectivity index (χ4v) is 2.18. The highest BCUT2D eigenvalue weighted by Gasteiger charge is 2.72. The first kappa shape index (κ1) is 20.6. The van der Waals surface area contributed by atoms with Gasteiger partial charge < -0.3 is 10.7 Å². The number of hydrogen-bond acceptors (Lipinski definition) is 3. The van der Waals surface area contributed by atoms with Gasteiger partial charge in [-0.15, -0.1) is 0 Å². The maximum absolute atomic E-state index is 13.5. The molecule has 0 unspecified atom stereocenters. The summed E-state index contributed by atoms with van der Waals surface area (Å²) in [6.45, 7) is 1.50. The topological polar surface area (TPSA) is 53.2 Å². The van der Waals surface area contributed by atoms with Gasteiger partial charge in [-0.1, -0.05) is 36.4 Å². The molecule has 0 spiro atoms. The van der Waals surface area contributed by atoms with Gasteiger partial charge in [-0.25, -0.2) is 0 Å². The Morgan fingerprint density at radius 2 is 1.33 bits per heavy atom. The van der Waals surface area contributed by atoms with E-state index in [-0.39, 0.29) is 11.3 Å². The second kappa shape index (κ2) is 7.47. The zero-order valence-electron chi connectivity index (χ0n) is 13.9. The van der Waals surface area contributed by atoms with E-state index >= 15 is 0 Å². The van der Waals surface area contributed by atoms with Crippen LogP contribution in [0, 0.1) is 6.92 Å². The Balaban J connectivity index is 2.41. The summed E-state index contributed by atoms with van der Waals surface area (Å²) < 4.78 is 81.1. The van der Waals surface area contributed by atoms with E-state index in [1.54, 1.807) is 6.07 Å². The summed E-state index contributed by atoms with van der Waals surface area (Å²) in [5, 5.41) is 1.05. The second-order valence-electron chi connectivity index (χ2n) is 5.63. The molecule has 2 rings (SSSR count). The number of hydrazine groups is 1. The Hall–Kier alpha value is -2.75. The standard InChI is InChI=1S/C17H15F6N3O/c1-11-7-5-6-10-13(11)25-26-15(16(18,19)20,17(21,22)23)24-14(27)12-8-3-2-4-9-12/h2-10,25-26H,1H3,(H,24,27). The van der Waals surface area contributed by atoms with Crippen molar-refractivity contribution in [2.75, 3.05) is 5.43 Å². The molecule has 0 fully saturated rings. The molecule has 0 bridgehead atoms. The first-order chi connectivity index (χ1) is 12.5. The van der Waals surface area contributed by atoms with Gasteiger partial charge in [0.15, 0.2) is 0 Å². The Morgan fingerprint density at radius 1 is 0.815 bits per heavy atom. The van der Waals surface area contributed by atoms with Crippen molar-refractivity contribution in [3.63, 3.8) is 0 Å². The number of benzene rings is 2. The Kier molecular flexibility index (Phi) is 5.69. The number of para-hydroxylation sites is 1. The van der Waals surface area contributed by atoms with Crippen molar-refractivity contribution in [2.24, 2.45) is 0 Å². The molecule has 0 saturated heterocycles. The summed E-state index contributed by atoms with van der Waals surface area (Å²) in [5.41, 5.74) is -1.52. The van der Waals surface area contributed by atoms with Crippen LogP contribution in [0.3, 0.4) is 0 Å². The third kappa shape index (κ3) is 4.33. The van der Waals surface area contributed by atoms with Crippen LogP contribution in [0.5, 0.6) is 0 Å². The molecule has 0 aliphatic heterocycles. The van der Waals surface area contributed by atoms with Crippen LogP contribution in [0.2, 0.25) is 0 Å². The van der Waals surface area contributed by atoms with Crippen molar-refractivity contribution < 1.29 is 31.1 Å². The molecule has 27 heavy (non-hydrogen) atoms. The first-order valence-electron chi connectivity index (χ1n) is 7.58. The van der Waals surface area contributed by atoms with E-state index in [1.165, 1.54) is 48.7 Å². The van der Waals surface area contributed by atoms with Crippen molar-refractivity contribution in [3.05, 3.63) is 65.7 Å². The average molecular weight is 391 g/mol. The summed E-state index contributed by atoms with van der Waals surface area (Å²) in [5.74, 6) is -1.54. The van der Waals surface area contributed by atoms with Crippen LogP contribution in [0.4, 0.5) is 32.0 Å². The molecule has 1 amide bonds. The normalized spacial score (nSPS) is 12.6. The first-order valence-corrected chi connectivity index (χ1v) is 7.58. The molecule has 0 heterocycles. The van der Waals surface area contributed by atoms with Gasteiger partial charge in [-0.2, -0.15) is 31.8 Å². The molecule has 2 aromatic rings. The van der Waals surface area contributed by atoms with Crippen molar-refractivity contribution in [1.29, 1.82) is 0 Å². The van der Waals surface area contributed by atoms with Gasteiger partial charge in [0.1, 0.15) is 0 Å². The number of anilines is 1. The number of carbonyl (C=O) groups excluding carboxylic acids is 1. The van der Waals surface area contributed by atoms with Gasteiger partial charge in [0.2, 0.25) is 0 Å². The number of alkyl halides is 6. The number of carbonyl (C=O) groups is 1. The smallest absolute Gasteiger partial charge is 0.319 e. The zero-order chi connectivity index (χ0) is 20.3. The van der Waals surface area contributed by atoms with Gasteiger partial charge in [0.25, 0.3) is 5.91 Å². The molecular weight excluding hydrogens is 376 g/mol. The van der Waals surface area contributed by atoms with Crippen LogP contribution >= 0.6 is 0 Å². The molecule has 10 heteroatoms. The van der Waals surface area contributed by atoms with E-state index in [0.29, 0.717) is 5.56 Å². The summed E-state index contributed by atoms with van der Waals surface area (Å²) >= 11 is 0. The molecule has 0 aliphatic carbocycles. The van der Waals surface area contributed by atoms with Crippen LogP contribution < -0.4 is 16.2 Å². The Morgan fingerprint density at radius 3 is 1.85 bits per heavy atom. The number of amides is 1. The summed E-state index contributed by atoms with van der Waals surface area (Å²) in [4.78, 5) is 12.1. The van der Waals surface area contributed by atoms with E-state index in [9.17, 15) is 31.1 Å². The van der Waals surface area contributed by atoms with Crippen LogP contribution in [0.1, 0.15) is 15.9 Å². The van der Waals surface area contributed by atoms with Gasteiger partial charge in [0.05, 0.1) is 5.69 Å². The third-order valence-corrected chi connectivity index (χ3v) is 3.72. The van der Waals surface area contributed by atoms with Gasteiger partial charge in [-0.3, -0.25) is 4.79 Å². The number of halogens is 6. The lowest BCUT2D eigenvalue weighted by Crippen LogP contribution is -2.76. The highest BCUT2D eigenvalue weighted by molar-refractivity contribution is 5.94. The lowest BCUT2D eigenvalue weighted by Gasteiger charge is -2.38. The maximum Gasteiger partial charge on any atom is 0.436 e. The van der Waals surface area contributed by atoms with Gasteiger partial charge in [-0.05, 0) is 30.7 Å². The van der Waals surface area contributed by atoms with Gasteiger partial charge >= 0.3 is 18.0 Å². The van der Waals surface area contributed by atoms with E-state index in [1.807, 2.05) is 5.43 Å². The predicted octanol–water partition coefficient (Wildman–Crippen LogP) is 4.16. The van der Waals surface area contributed by atoms with Crippen LogP contribution in [0.15, 0.2) is 54.6 Å². The van der Waals surface area contributed by atoms with Crippen LogP contribution in [-0.2, 0) is 0 Å².